The van der Waals surface area contributed by atoms with Crippen molar-refractivity contribution in [2.45, 2.75) is 44.3 Å². The summed E-state index contributed by atoms with van der Waals surface area (Å²) in [5, 5.41) is 8.66. The second-order valence-electron chi connectivity index (χ2n) is 4.03. The van der Waals surface area contributed by atoms with Crippen LogP contribution < -0.4 is 0 Å². The normalized spacial score (nSPS) is 30.6. The summed E-state index contributed by atoms with van der Waals surface area (Å²) in [7, 11) is 0. The second-order valence-corrected chi connectivity index (χ2v) is 4.03. The summed E-state index contributed by atoms with van der Waals surface area (Å²) in [5.74, 6) is 0.319. The molecule has 14 heavy (non-hydrogen) atoms. The van der Waals surface area contributed by atoms with Crippen LogP contribution in [-0.4, -0.2) is 29.7 Å². The number of carbonyl (C=O) groups is 1. The SMILES string of the molecule is O=C1C[C@@H]2O[C@@H](C=C2CCCCO)C1. The number of Topliss-reactive ketones (excluding diaryl/α,β-unsaturated/α-hetero) is 1. The summed E-state index contributed by atoms with van der Waals surface area (Å²) in [6.07, 6.45) is 6.11. The Hall–Kier alpha value is -0.670. The first kappa shape index (κ1) is 9.87. The van der Waals surface area contributed by atoms with Gasteiger partial charge in [0.25, 0.3) is 0 Å². The number of ketones is 1. The van der Waals surface area contributed by atoms with Gasteiger partial charge in [0.15, 0.2) is 0 Å². The van der Waals surface area contributed by atoms with Crippen molar-refractivity contribution < 1.29 is 14.6 Å². The van der Waals surface area contributed by atoms with Gasteiger partial charge in [0.2, 0.25) is 0 Å². The molecule has 0 aromatic rings. The maximum Gasteiger partial charge on any atom is 0.138 e. The van der Waals surface area contributed by atoms with E-state index < -0.39 is 0 Å². The number of fused-ring (bicyclic) bond motifs is 2. The van der Waals surface area contributed by atoms with Crippen LogP contribution in [0.25, 0.3) is 0 Å². The van der Waals surface area contributed by atoms with Crippen molar-refractivity contribution in [2.75, 3.05) is 6.61 Å². The Bertz CT molecular complexity index is 257. The molecule has 0 saturated carbocycles. The minimum atomic E-state index is 0.0466. The molecule has 0 amide bonds. The van der Waals surface area contributed by atoms with E-state index in [1.807, 2.05) is 0 Å². The Labute approximate surface area is 83.8 Å². The number of hydrogen-bond donors (Lipinski definition) is 1. The Morgan fingerprint density at radius 3 is 3.07 bits per heavy atom. The zero-order valence-electron chi connectivity index (χ0n) is 8.24. The average molecular weight is 196 g/mol. The zero-order valence-corrected chi connectivity index (χ0v) is 8.24. The maximum absolute atomic E-state index is 11.2. The highest BCUT2D eigenvalue weighted by Gasteiger charge is 2.34. The smallest absolute Gasteiger partial charge is 0.138 e. The van der Waals surface area contributed by atoms with Gasteiger partial charge < -0.3 is 9.84 Å². The van der Waals surface area contributed by atoms with Gasteiger partial charge in [0.05, 0.1) is 12.2 Å². The number of aliphatic hydroxyl groups is 1. The van der Waals surface area contributed by atoms with Crippen molar-refractivity contribution >= 4 is 5.78 Å². The van der Waals surface area contributed by atoms with E-state index in [0.29, 0.717) is 18.6 Å². The van der Waals surface area contributed by atoms with Crippen LogP contribution in [0.2, 0.25) is 0 Å². The Kier molecular flexibility index (Phi) is 2.99. The van der Waals surface area contributed by atoms with Crippen LogP contribution >= 0.6 is 0 Å². The van der Waals surface area contributed by atoms with Gasteiger partial charge in [-0.3, -0.25) is 4.79 Å². The predicted octanol–water partition coefficient (Wildman–Crippen LogP) is 1.21. The molecular weight excluding hydrogens is 180 g/mol. The van der Waals surface area contributed by atoms with Gasteiger partial charge in [0.1, 0.15) is 5.78 Å². The summed E-state index contributed by atoms with van der Waals surface area (Å²) in [4.78, 5) is 11.2. The molecule has 2 heterocycles. The van der Waals surface area contributed by atoms with Crippen molar-refractivity contribution in [1.82, 2.24) is 0 Å². The molecule has 0 aromatic carbocycles. The average Bonchev–Trinajstić information content (AvgIpc) is 2.42. The molecule has 78 valence electrons. The monoisotopic (exact) mass is 196 g/mol. The standard InChI is InChI=1S/C11H16O3/c12-4-2-1-3-8-5-10-6-9(13)7-11(8)14-10/h5,10-12H,1-4,6-7H2/t10-,11-/m0/s1. The lowest BCUT2D eigenvalue weighted by molar-refractivity contribution is -0.128. The van der Waals surface area contributed by atoms with E-state index in [9.17, 15) is 4.79 Å². The van der Waals surface area contributed by atoms with Crippen LogP contribution in [0.5, 0.6) is 0 Å². The summed E-state index contributed by atoms with van der Waals surface area (Å²) in [6, 6.07) is 0. The van der Waals surface area contributed by atoms with Crippen LogP contribution in [0.15, 0.2) is 11.6 Å². The molecule has 0 radical (unpaired) electrons. The van der Waals surface area contributed by atoms with Gasteiger partial charge in [0, 0.05) is 19.4 Å². The van der Waals surface area contributed by atoms with Gasteiger partial charge in [-0.05, 0) is 24.8 Å². The van der Waals surface area contributed by atoms with Crippen molar-refractivity contribution in [1.29, 1.82) is 0 Å². The second kappa shape index (κ2) is 4.24. The molecule has 2 aliphatic rings. The third-order valence-corrected chi connectivity index (χ3v) is 2.87. The number of carbonyl (C=O) groups excluding carboxylic acids is 1. The van der Waals surface area contributed by atoms with E-state index in [2.05, 4.69) is 6.08 Å². The molecule has 1 fully saturated rings. The van der Waals surface area contributed by atoms with Crippen LogP contribution in [0.1, 0.15) is 32.1 Å². The molecule has 2 bridgehead atoms. The first-order valence-electron chi connectivity index (χ1n) is 5.28. The van der Waals surface area contributed by atoms with Gasteiger partial charge in [-0.2, -0.15) is 0 Å². The first-order chi connectivity index (χ1) is 6.79. The van der Waals surface area contributed by atoms with Crippen molar-refractivity contribution in [3.8, 4) is 0 Å². The van der Waals surface area contributed by atoms with Crippen LogP contribution in [0.3, 0.4) is 0 Å². The van der Waals surface area contributed by atoms with Gasteiger partial charge in [-0.15, -0.1) is 0 Å². The van der Waals surface area contributed by atoms with Crippen LogP contribution in [-0.2, 0) is 9.53 Å². The highest BCUT2D eigenvalue weighted by atomic mass is 16.5. The minimum absolute atomic E-state index is 0.0466. The maximum atomic E-state index is 11.2. The van der Waals surface area contributed by atoms with E-state index >= 15 is 0 Å². The van der Waals surface area contributed by atoms with E-state index in [1.165, 1.54) is 5.57 Å². The highest BCUT2D eigenvalue weighted by Crippen LogP contribution is 2.32. The molecule has 2 atom stereocenters. The lowest BCUT2D eigenvalue weighted by Crippen LogP contribution is -2.26. The number of ether oxygens (including phenoxy) is 1. The van der Waals surface area contributed by atoms with Crippen molar-refractivity contribution in [3.63, 3.8) is 0 Å². The summed E-state index contributed by atoms with van der Waals surface area (Å²) in [6.45, 7) is 0.251. The molecule has 1 saturated heterocycles. The summed E-state index contributed by atoms with van der Waals surface area (Å²) >= 11 is 0. The van der Waals surface area contributed by atoms with Crippen molar-refractivity contribution in [2.24, 2.45) is 0 Å². The number of aliphatic hydroxyl groups excluding tert-OH is 1. The lowest BCUT2D eigenvalue weighted by atomic mass is 10.0. The van der Waals surface area contributed by atoms with Gasteiger partial charge >= 0.3 is 0 Å². The fraction of sp³-hybridized carbons (Fsp3) is 0.727. The molecule has 0 aromatic heterocycles. The fourth-order valence-electron chi connectivity index (χ4n) is 2.17. The predicted molar refractivity (Wildman–Crippen MR) is 51.9 cm³/mol. The third kappa shape index (κ3) is 2.04. The Balaban J connectivity index is 1.88. The van der Waals surface area contributed by atoms with E-state index in [-0.39, 0.29) is 18.8 Å². The van der Waals surface area contributed by atoms with Crippen LogP contribution in [0.4, 0.5) is 0 Å². The summed E-state index contributed by atoms with van der Waals surface area (Å²) < 4.78 is 5.64. The molecule has 3 nitrogen and oxygen atoms in total. The Morgan fingerprint density at radius 2 is 2.29 bits per heavy atom. The van der Waals surface area contributed by atoms with Gasteiger partial charge in [-0.1, -0.05) is 6.08 Å². The molecule has 1 N–H and O–H groups in total. The lowest BCUT2D eigenvalue weighted by Gasteiger charge is -2.20. The largest absolute Gasteiger partial charge is 0.396 e. The van der Waals surface area contributed by atoms with E-state index in [4.69, 9.17) is 9.84 Å². The zero-order chi connectivity index (χ0) is 9.97. The molecule has 2 rings (SSSR count). The fourth-order valence-corrected chi connectivity index (χ4v) is 2.17. The molecular formula is C11H16O3. The molecule has 3 heteroatoms. The van der Waals surface area contributed by atoms with E-state index in [0.717, 1.165) is 19.3 Å². The first-order valence-corrected chi connectivity index (χ1v) is 5.28. The van der Waals surface area contributed by atoms with E-state index in [1.54, 1.807) is 0 Å². The highest BCUT2D eigenvalue weighted by molar-refractivity contribution is 5.81. The molecule has 0 aliphatic carbocycles. The Morgan fingerprint density at radius 1 is 1.43 bits per heavy atom. The topological polar surface area (TPSA) is 46.5 Å². The summed E-state index contributed by atoms with van der Waals surface area (Å²) in [5.41, 5.74) is 1.27. The molecule has 0 unspecified atom stereocenters. The quantitative estimate of drug-likeness (QED) is 0.543. The van der Waals surface area contributed by atoms with Crippen LogP contribution in [0, 0.1) is 0 Å². The number of hydrogen-bond acceptors (Lipinski definition) is 3. The van der Waals surface area contributed by atoms with Gasteiger partial charge in [-0.25, -0.2) is 0 Å². The molecule has 0 spiro atoms. The minimum Gasteiger partial charge on any atom is -0.396 e. The number of rotatable bonds is 4. The van der Waals surface area contributed by atoms with Crippen molar-refractivity contribution in [3.05, 3.63) is 11.6 Å². The number of unbranched alkanes of at least 4 members (excludes halogenated alkanes) is 1. The molecule has 2 aliphatic heterocycles. The third-order valence-electron chi connectivity index (χ3n) is 2.87.